The van der Waals surface area contributed by atoms with Crippen LogP contribution >= 0.6 is 0 Å². The normalized spacial score (nSPS) is 22.4. The van der Waals surface area contributed by atoms with E-state index in [2.05, 4.69) is 42.2 Å². The third kappa shape index (κ3) is 5.35. The Morgan fingerprint density at radius 1 is 1.24 bits per heavy atom. The van der Waals surface area contributed by atoms with E-state index in [0.717, 1.165) is 73.4 Å². The Morgan fingerprint density at radius 3 is 2.82 bits per heavy atom. The first-order valence-corrected chi connectivity index (χ1v) is 13.9. The van der Waals surface area contributed by atoms with Gasteiger partial charge in [0.05, 0.1) is 12.0 Å². The summed E-state index contributed by atoms with van der Waals surface area (Å²) in [6, 6.07) is 16.4. The summed E-state index contributed by atoms with van der Waals surface area (Å²) in [5, 5.41) is 9.99. The van der Waals surface area contributed by atoms with Crippen LogP contribution in [0.25, 0.3) is 11.6 Å². The molecule has 0 radical (unpaired) electrons. The number of carboxylic acids is 1. The number of fused-ring (bicyclic) bond motifs is 1. The standard InChI is InChI=1S/C32H38N2O4/c1-3-25-11-7-16-32(25,31(35)36)17-8-20-37-26-13-15-28-24(21-26)22-27(30-33-18-19-34(30)2)29(38-28)14-12-23-9-5-4-6-10-23/h4-6,9-10,13,15,18-19,21-22,25,29H,3,7-8,11-12,14,16-17,20H2,1-2H3,(H,35,36). The Balaban J connectivity index is 1.28. The molecule has 0 amide bonds. The molecule has 0 saturated heterocycles. The van der Waals surface area contributed by atoms with Gasteiger partial charge < -0.3 is 19.1 Å². The summed E-state index contributed by atoms with van der Waals surface area (Å²) in [4.78, 5) is 16.8. The summed E-state index contributed by atoms with van der Waals surface area (Å²) in [5.41, 5.74) is 2.74. The first-order valence-electron chi connectivity index (χ1n) is 13.9. The number of ether oxygens (including phenoxy) is 2. The number of aliphatic carboxylic acids is 1. The van der Waals surface area contributed by atoms with Gasteiger partial charge in [-0.2, -0.15) is 0 Å². The predicted octanol–water partition coefficient (Wildman–Crippen LogP) is 6.79. The number of imidazole rings is 1. The third-order valence-electron chi connectivity index (χ3n) is 8.44. The van der Waals surface area contributed by atoms with Crippen molar-refractivity contribution in [2.45, 2.75) is 64.4 Å². The van der Waals surface area contributed by atoms with Crippen LogP contribution in [-0.4, -0.2) is 33.3 Å². The summed E-state index contributed by atoms with van der Waals surface area (Å²) >= 11 is 0. The molecule has 6 nitrogen and oxygen atoms in total. The van der Waals surface area contributed by atoms with Gasteiger partial charge in [-0.05, 0) is 74.3 Å². The second kappa shape index (κ2) is 11.5. The van der Waals surface area contributed by atoms with E-state index in [9.17, 15) is 9.90 Å². The van der Waals surface area contributed by atoms with Crippen molar-refractivity contribution in [2.24, 2.45) is 18.4 Å². The molecule has 1 aliphatic carbocycles. The van der Waals surface area contributed by atoms with Crippen LogP contribution in [0, 0.1) is 11.3 Å². The fourth-order valence-electron chi connectivity index (χ4n) is 6.36. The molecular formula is C32H38N2O4. The fraction of sp³-hybridized carbons (Fsp3) is 0.438. The highest BCUT2D eigenvalue weighted by Gasteiger charge is 2.47. The SMILES string of the molecule is CCC1CCCC1(CCCOc1ccc2c(c1)C=C(c1nccn1C)C(CCc1ccccc1)O2)C(=O)O. The number of hydrogen-bond donors (Lipinski definition) is 1. The molecule has 3 atom stereocenters. The first kappa shape index (κ1) is 26.1. The molecule has 2 heterocycles. The zero-order valence-corrected chi connectivity index (χ0v) is 22.4. The number of nitrogens with zero attached hydrogens (tertiary/aromatic N) is 2. The average Bonchev–Trinajstić information content (AvgIpc) is 3.56. The maximum atomic E-state index is 12.2. The van der Waals surface area contributed by atoms with Gasteiger partial charge in [0.15, 0.2) is 0 Å². The summed E-state index contributed by atoms with van der Waals surface area (Å²) < 4.78 is 14.7. The lowest BCUT2D eigenvalue weighted by Gasteiger charge is -2.31. The fourth-order valence-corrected chi connectivity index (χ4v) is 6.36. The zero-order chi connectivity index (χ0) is 26.5. The van der Waals surface area contributed by atoms with Crippen molar-refractivity contribution in [1.29, 1.82) is 0 Å². The Hall–Kier alpha value is -3.54. The Morgan fingerprint density at radius 2 is 2.08 bits per heavy atom. The average molecular weight is 515 g/mol. The zero-order valence-electron chi connectivity index (χ0n) is 22.4. The summed E-state index contributed by atoms with van der Waals surface area (Å²) in [6.45, 7) is 2.61. The lowest BCUT2D eigenvalue weighted by Crippen LogP contribution is -2.35. The second-order valence-corrected chi connectivity index (χ2v) is 10.7. The molecule has 0 bridgehead atoms. The molecular weight excluding hydrogens is 476 g/mol. The number of aromatic nitrogens is 2. The molecule has 1 N–H and O–H groups in total. The van der Waals surface area contributed by atoms with E-state index < -0.39 is 11.4 Å². The van der Waals surface area contributed by atoms with Gasteiger partial charge in [0.2, 0.25) is 0 Å². The van der Waals surface area contributed by atoms with Crippen molar-refractivity contribution in [1.82, 2.24) is 9.55 Å². The van der Waals surface area contributed by atoms with Crippen LogP contribution in [0.2, 0.25) is 0 Å². The lowest BCUT2D eigenvalue weighted by molar-refractivity contribution is -0.152. The van der Waals surface area contributed by atoms with Crippen LogP contribution in [0.5, 0.6) is 11.5 Å². The smallest absolute Gasteiger partial charge is 0.309 e. The Bertz CT molecular complexity index is 1280. The van der Waals surface area contributed by atoms with E-state index in [4.69, 9.17) is 9.47 Å². The monoisotopic (exact) mass is 514 g/mol. The molecule has 1 aromatic heterocycles. The van der Waals surface area contributed by atoms with E-state index in [-0.39, 0.29) is 12.0 Å². The van der Waals surface area contributed by atoms with Crippen LogP contribution < -0.4 is 9.47 Å². The van der Waals surface area contributed by atoms with Crippen LogP contribution in [0.4, 0.5) is 0 Å². The molecule has 38 heavy (non-hydrogen) atoms. The highest BCUT2D eigenvalue weighted by molar-refractivity contribution is 5.85. The predicted molar refractivity (Wildman–Crippen MR) is 149 cm³/mol. The Kier molecular flexibility index (Phi) is 7.87. The largest absolute Gasteiger partial charge is 0.494 e. The number of rotatable bonds is 11. The molecule has 1 saturated carbocycles. The number of carbonyl (C=O) groups is 1. The number of carboxylic acid groups (broad SMARTS) is 1. The molecule has 6 heteroatoms. The molecule has 1 aliphatic heterocycles. The van der Waals surface area contributed by atoms with Crippen LogP contribution in [0.3, 0.4) is 0 Å². The number of aryl methyl sites for hydroxylation is 2. The van der Waals surface area contributed by atoms with E-state index in [1.165, 1.54) is 5.56 Å². The molecule has 5 rings (SSSR count). The van der Waals surface area contributed by atoms with Crippen LogP contribution in [0.1, 0.15) is 68.8 Å². The van der Waals surface area contributed by atoms with E-state index in [0.29, 0.717) is 13.0 Å². The number of hydrogen-bond acceptors (Lipinski definition) is 4. The second-order valence-electron chi connectivity index (χ2n) is 10.7. The highest BCUT2D eigenvalue weighted by Crippen LogP contribution is 2.48. The van der Waals surface area contributed by atoms with E-state index >= 15 is 0 Å². The van der Waals surface area contributed by atoms with Crippen LogP contribution in [0.15, 0.2) is 60.9 Å². The van der Waals surface area contributed by atoms with Gasteiger partial charge in [0, 0.05) is 30.6 Å². The molecule has 3 aromatic rings. The topological polar surface area (TPSA) is 73.6 Å². The van der Waals surface area contributed by atoms with Crippen molar-refractivity contribution in [3.05, 3.63) is 77.9 Å². The lowest BCUT2D eigenvalue weighted by atomic mass is 9.73. The van der Waals surface area contributed by atoms with Gasteiger partial charge in [-0.25, -0.2) is 4.98 Å². The molecule has 2 aromatic carbocycles. The highest BCUT2D eigenvalue weighted by atomic mass is 16.5. The van der Waals surface area contributed by atoms with Crippen molar-refractivity contribution in [3.63, 3.8) is 0 Å². The van der Waals surface area contributed by atoms with Gasteiger partial charge in [0.25, 0.3) is 0 Å². The van der Waals surface area contributed by atoms with Crippen molar-refractivity contribution in [2.75, 3.05) is 6.61 Å². The maximum Gasteiger partial charge on any atom is 0.309 e. The van der Waals surface area contributed by atoms with Gasteiger partial charge in [-0.15, -0.1) is 0 Å². The quantitative estimate of drug-likeness (QED) is 0.285. The summed E-state index contributed by atoms with van der Waals surface area (Å²) in [7, 11) is 2.00. The van der Waals surface area contributed by atoms with Crippen LogP contribution in [-0.2, 0) is 18.3 Å². The van der Waals surface area contributed by atoms with Crippen molar-refractivity contribution >= 4 is 17.6 Å². The molecule has 1 fully saturated rings. The summed E-state index contributed by atoms with van der Waals surface area (Å²) in [5.74, 6) is 2.15. The van der Waals surface area contributed by atoms with Gasteiger partial charge in [-0.3, -0.25) is 4.79 Å². The number of benzene rings is 2. The van der Waals surface area contributed by atoms with Gasteiger partial charge >= 0.3 is 5.97 Å². The third-order valence-corrected chi connectivity index (χ3v) is 8.44. The van der Waals surface area contributed by atoms with E-state index in [1.54, 1.807) is 0 Å². The first-order chi connectivity index (χ1) is 18.5. The maximum absolute atomic E-state index is 12.2. The molecule has 200 valence electrons. The Labute approximate surface area is 225 Å². The van der Waals surface area contributed by atoms with Gasteiger partial charge in [-0.1, -0.05) is 50.1 Å². The minimum Gasteiger partial charge on any atom is -0.494 e. The van der Waals surface area contributed by atoms with Crippen molar-refractivity contribution in [3.8, 4) is 11.5 Å². The molecule has 0 spiro atoms. The van der Waals surface area contributed by atoms with Crippen molar-refractivity contribution < 1.29 is 19.4 Å². The molecule has 2 aliphatic rings. The summed E-state index contributed by atoms with van der Waals surface area (Å²) in [6.07, 6.45) is 12.7. The minimum absolute atomic E-state index is 0.0966. The van der Waals surface area contributed by atoms with Gasteiger partial charge in [0.1, 0.15) is 23.4 Å². The molecule has 3 unspecified atom stereocenters. The minimum atomic E-state index is -0.637. The van der Waals surface area contributed by atoms with E-state index in [1.807, 2.05) is 48.3 Å².